The summed E-state index contributed by atoms with van der Waals surface area (Å²) >= 11 is 3.43. The van der Waals surface area contributed by atoms with Crippen LogP contribution in [0.2, 0.25) is 0 Å². The predicted octanol–water partition coefficient (Wildman–Crippen LogP) is 2.95. The van der Waals surface area contributed by atoms with Crippen LogP contribution in [0, 0.1) is 6.92 Å². The molecule has 0 saturated carbocycles. The summed E-state index contributed by atoms with van der Waals surface area (Å²) in [7, 11) is 1.77. The molecule has 0 amide bonds. The van der Waals surface area contributed by atoms with Gasteiger partial charge in [0.1, 0.15) is 5.69 Å². The van der Waals surface area contributed by atoms with Gasteiger partial charge in [-0.25, -0.2) is 4.79 Å². The Hall–Kier alpha value is -1.29. The van der Waals surface area contributed by atoms with E-state index in [0.717, 1.165) is 20.9 Å². The predicted molar refractivity (Wildman–Crippen MR) is 62.3 cm³/mol. The largest absolute Gasteiger partial charge is 0.477 e. The summed E-state index contributed by atoms with van der Waals surface area (Å²) in [5, 5.41) is 10.1. The molecule has 0 unspecified atom stereocenters. The molecule has 0 spiro atoms. The molecule has 0 bridgehead atoms. The molecule has 0 aliphatic carbocycles. The summed E-state index contributed by atoms with van der Waals surface area (Å²) in [5.74, 6) is -0.891. The van der Waals surface area contributed by atoms with E-state index in [1.54, 1.807) is 11.6 Å². The lowest BCUT2D eigenvalue weighted by atomic mass is 10.1. The number of hydrogen-bond donors (Lipinski definition) is 1. The van der Waals surface area contributed by atoms with E-state index in [2.05, 4.69) is 15.9 Å². The standard InChI is InChI=1S/C11H10BrNO2/c1-6-7-4-3-5-8(12)10(7)13(2)9(6)11(14)15/h3-5H,1-2H3,(H,14,15). The SMILES string of the molecule is Cc1c(C(=O)O)n(C)c2c(Br)cccc12. The number of benzene rings is 1. The molecular formula is C11H10BrNO2. The van der Waals surface area contributed by atoms with Crippen LogP contribution >= 0.6 is 15.9 Å². The van der Waals surface area contributed by atoms with Crippen molar-refractivity contribution in [1.82, 2.24) is 4.57 Å². The van der Waals surface area contributed by atoms with E-state index in [-0.39, 0.29) is 0 Å². The van der Waals surface area contributed by atoms with Gasteiger partial charge in [-0.1, -0.05) is 12.1 Å². The van der Waals surface area contributed by atoms with Crippen molar-refractivity contribution in [3.8, 4) is 0 Å². The smallest absolute Gasteiger partial charge is 0.352 e. The quantitative estimate of drug-likeness (QED) is 0.863. The van der Waals surface area contributed by atoms with Crippen molar-refractivity contribution in [1.29, 1.82) is 0 Å². The maximum atomic E-state index is 11.1. The lowest BCUT2D eigenvalue weighted by Crippen LogP contribution is -2.05. The van der Waals surface area contributed by atoms with Gasteiger partial charge in [-0.15, -0.1) is 0 Å². The minimum atomic E-state index is -0.891. The number of carboxylic acids is 1. The lowest BCUT2D eigenvalue weighted by Gasteiger charge is -2.00. The average Bonchev–Trinajstić information content (AvgIpc) is 2.40. The summed E-state index contributed by atoms with van der Waals surface area (Å²) in [5.41, 5.74) is 2.07. The zero-order valence-corrected chi connectivity index (χ0v) is 10.00. The number of rotatable bonds is 1. The number of halogens is 1. The monoisotopic (exact) mass is 267 g/mol. The summed E-state index contributed by atoms with van der Waals surface area (Å²) < 4.78 is 2.62. The van der Waals surface area contributed by atoms with Crippen molar-refractivity contribution in [3.63, 3.8) is 0 Å². The number of fused-ring (bicyclic) bond motifs is 1. The fraction of sp³-hybridized carbons (Fsp3) is 0.182. The Morgan fingerprint density at radius 2 is 2.13 bits per heavy atom. The van der Waals surface area contributed by atoms with E-state index in [0.29, 0.717) is 5.69 Å². The maximum Gasteiger partial charge on any atom is 0.352 e. The Labute approximate surface area is 95.5 Å². The molecule has 0 fully saturated rings. The average molecular weight is 268 g/mol. The first-order valence-electron chi connectivity index (χ1n) is 4.51. The molecule has 2 rings (SSSR count). The first-order valence-corrected chi connectivity index (χ1v) is 5.30. The first-order chi connectivity index (χ1) is 7.04. The van der Waals surface area contributed by atoms with Gasteiger partial charge < -0.3 is 9.67 Å². The van der Waals surface area contributed by atoms with Gasteiger partial charge in [0, 0.05) is 16.9 Å². The molecule has 15 heavy (non-hydrogen) atoms. The summed E-state index contributed by atoms with van der Waals surface area (Å²) in [6.07, 6.45) is 0. The van der Waals surface area contributed by atoms with Crippen LogP contribution in [-0.4, -0.2) is 15.6 Å². The third kappa shape index (κ3) is 1.36. The number of carboxylic acid groups (broad SMARTS) is 1. The third-order valence-corrected chi connectivity index (χ3v) is 3.26. The van der Waals surface area contributed by atoms with E-state index < -0.39 is 5.97 Å². The van der Waals surface area contributed by atoms with Crippen molar-refractivity contribution in [3.05, 3.63) is 33.9 Å². The summed E-state index contributed by atoms with van der Waals surface area (Å²) in [4.78, 5) is 11.1. The highest BCUT2D eigenvalue weighted by Gasteiger charge is 2.18. The zero-order valence-electron chi connectivity index (χ0n) is 8.41. The van der Waals surface area contributed by atoms with Gasteiger partial charge in [-0.3, -0.25) is 0 Å². The number of carbonyl (C=O) groups is 1. The molecule has 3 nitrogen and oxygen atoms in total. The van der Waals surface area contributed by atoms with Crippen molar-refractivity contribution in [2.24, 2.45) is 7.05 Å². The summed E-state index contributed by atoms with van der Waals surface area (Å²) in [6.45, 7) is 1.83. The maximum absolute atomic E-state index is 11.1. The number of para-hydroxylation sites is 1. The van der Waals surface area contributed by atoms with E-state index in [4.69, 9.17) is 5.11 Å². The Kier molecular flexibility index (Phi) is 2.31. The first kappa shape index (κ1) is 10.2. The number of aryl methyl sites for hydroxylation is 2. The molecule has 0 aliphatic rings. The highest BCUT2D eigenvalue weighted by Crippen LogP contribution is 2.30. The molecule has 1 heterocycles. The molecule has 1 N–H and O–H groups in total. The highest BCUT2D eigenvalue weighted by atomic mass is 79.9. The molecule has 2 aromatic rings. The van der Waals surface area contributed by atoms with Crippen LogP contribution in [0.15, 0.2) is 22.7 Å². The van der Waals surface area contributed by atoms with E-state index >= 15 is 0 Å². The molecule has 0 aliphatic heterocycles. The van der Waals surface area contributed by atoms with Crippen LogP contribution < -0.4 is 0 Å². The minimum Gasteiger partial charge on any atom is -0.477 e. The molecule has 1 aromatic carbocycles. The van der Waals surface area contributed by atoms with Gasteiger partial charge in [0.15, 0.2) is 0 Å². The fourth-order valence-electron chi connectivity index (χ4n) is 1.95. The van der Waals surface area contributed by atoms with Crippen LogP contribution in [-0.2, 0) is 7.05 Å². The Morgan fingerprint density at radius 1 is 1.47 bits per heavy atom. The second kappa shape index (κ2) is 3.38. The topological polar surface area (TPSA) is 42.2 Å². The number of hydrogen-bond acceptors (Lipinski definition) is 1. The van der Waals surface area contributed by atoms with E-state index in [1.807, 2.05) is 25.1 Å². The molecule has 1 aromatic heterocycles. The molecular weight excluding hydrogens is 258 g/mol. The van der Waals surface area contributed by atoms with Crippen molar-refractivity contribution in [2.75, 3.05) is 0 Å². The number of nitrogens with zero attached hydrogens (tertiary/aromatic N) is 1. The second-order valence-electron chi connectivity index (χ2n) is 3.47. The van der Waals surface area contributed by atoms with Crippen molar-refractivity contribution < 1.29 is 9.90 Å². The van der Waals surface area contributed by atoms with Gasteiger partial charge in [-0.05, 0) is 34.5 Å². The van der Waals surface area contributed by atoms with Crippen LogP contribution in [0.1, 0.15) is 16.1 Å². The van der Waals surface area contributed by atoms with Gasteiger partial charge in [0.25, 0.3) is 0 Å². The Morgan fingerprint density at radius 3 is 2.67 bits per heavy atom. The normalized spacial score (nSPS) is 10.9. The third-order valence-electron chi connectivity index (χ3n) is 2.62. The van der Waals surface area contributed by atoms with Crippen molar-refractivity contribution >= 4 is 32.8 Å². The van der Waals surface area contributed by atoms with Crippen LogP contribution in [0.4, 0.5) is 0 Å². The Balaban J connectivity index is 2.98. The molecule has 0 radical (unpaired) electrons. The lowest BCUT2D eigenvalue weighted by molar-refractivity contribution is 0.0686. The molecule has 0 saturated heterocycles. The zero-order chi connectivity index (χ0) is 11.2. The molecule has 4 heteroatoms. The molecule has 78 valence electrons. The second-order valence-corrected chi connectivity index (χ2v) is 4.33. The van der Waals surface area contributed by atoms with Gasteiger partial charge in [0.05, 0.1) is 5.52 Å². The summed E-state index contributed by atoms with van der Waals surface area (Å²) in [6, 6.07) is 5.75. The van der Waals surface area contributed by atoms with Crippen LogP contribution in [0.25, 0.3) is 10.9 Å². The van der Waals surface area contributed by atoms with Crippen LogP contribution in [0.5, 0.6) is 0 Å². The Bertz CT molecular complexity index is 557. The van der Waals surface area contributed by atoms with E-state index in [9.17, 15) is 4.79 Å². The number of aromatic nitrogens is 1. The molecule has 0 atom stereocenters. The highest BCUT2D eigenvalue weighted by molar-refractivity contribution is 9.10. The van der Waals surface area contributed by atoms with Gasteiger partial charge in [0.2, 0.25) is 0 Å². The van der Waals surface area contributed by atoms with Gasteiger partial charge in [-0.2, -0.15) is 0 Å². The minimum absolute atomic E-state index is 0.344. The van der Waals surface area contributed by atoms with Crippen LogP contribution in [0.3, 0.4) is 0 Å². The van der Waals surface area contributed by atoms with Crippen molar-refractivity contribution in [2.45, 2.75) is 6.92 Å². The van der Waals surface area contributed by atoms with E-state index in [1.165, 1.54) is 0 Å². The number of aromatic carboxylic acids is 1. The fourth-order valence-corrected chi connectivity index (χ4v) is 2.59. The van der Waals surface area contributed by atoms with Gasteiger partial charge >= 0.3 is 5.97 Å².